The lowest BCUT2D eigenvalue weighted by atomic mass is 10.1. The van der Waals surface area contributed by atoms with Gasteiger partial charge in [0.1, 0.15) is 11.5 Å². The Morgan fingerprint density at radius 3 is 2.20 bits per heavy atom. The van der Waals surface area contributed by atoms with E-state index in [1.807, 2.05) is 0 Å². The van der Waals surface area contributed by atoms with Crippen molar-refractivity contribution >= 4 is 16.0 Å². The lowest BCUT2D eigenvalue weighted by Gasteiger charge is -2.08. The summed E-state index contributed by atoms with van der Waals surface area (Å²) < 4.78 is 37.0. The molecule has 8 heteroatoms. The molecule has 0 aliphatic carbocycles. The fourth-order valence-electron chi connectivity index (χ4n) is 2.07. The molecule has 7 nitrogen and oxygen atoms in total. The summed E-state index contributed by atoms with van der Waals surface area (Å²) in [6.45, 7) is -0.162. The summed E-state index contributed by atoms with van der Waals surface area (Å²) in [5, 5.41) is 8.55. The summed E-state index contributed by atoms with van der Waals surface area (Å²) in [6, 6.07) is 13.0. The van der Waals surface area contributed by atoms with Crippen molar-refractivity contribution < 1.29 is 27.8 Å². The van der Waals surface area contributed by atoms with Gasteiger partial charge in [-0.3, -0.25) is 0 Å². The SMILES string of the molecule is COc1ccc(S(=O)(=O)NCCc2ccc(OCC(=O)O)cc2)cc1. The molecule has 0 saturated carbocycles. The molecule has 2 aromatic carbocycles. The molecule has 0 radical (unpaired) electrons. The van der Waals surface area contributed by atoms with E-state index in [4.69, 9.17) is 14.6 Å². The third-order valence-electron chi connectivity index (χ3n) is 3.36. The van der Waals surface area contributed by atoms with Crippen LogP contribution in [0.25, 0.3) is 0 Å². The number of nitrogens with one attached hydrogen (secondary N) is 1. The Labute approximate surface area is 146 Å². The summed E-state index contributed by atoms with van der Waals surface area (Å²) in [5.41, 5.74) is 0.903. The Bertz CT molecular complexity index is 800. The molecule has 0 heterocycles. The van der Waals surface area contributed by atoms with Gasteiger partial charge >= 0.3 is 5.97 Å². The minimum Gasteiger partial charge on any atom is -0.497 e. The molecular weight excluding hydrogens is 346 g/mol. The van der Waals surface area contributed by atoms with Gasteiger partial charge in [-0.25, -0.2) is 17.9 Å². The Morgan fingerprint density at radius 1 is 1.04 bits per heavy atom. The van der Waals surface area contributed by atoms with Crippen LogP contribution in [0.1, 0.15) is 5.56 Å². The standard InChI is InChI=1S/C17H19NO6S/c1-23-14-6-8-16(9-7-14)25(21,22)18-11-10-13-2-4-15(5-3-13)24-12-17(19)20/h2-9,18H,10-12H2,1H3,(H,19,20). The summed E-state index contributed by atoms with van der Waals surface area (Å²) in [4.78, 5) is 10.6. The van der Waals surface area contributed by atoms with Gasteiger partial charge in [0, 0.05) is 6.54 Å². The number of aliphatic carboxylic acids is 1. The second-order valence-electron chi connectivity index (χ2n) is 5.15. The van der Waals surface area contributed by atoms with Gasteiger partial charge in [0.05, 0.1) is 12.0 Å². The molecule has 0 unspecified atom stereocenters. The molecule has 0 aromatic heterocycles. The van der Waals surface area contributed by atoms with Crippen LogP contribution in [0.5, 0.6) is 11.5 Å². The maximum atomic E-state index is 12.2. The van der Waals surface area contributed by atoms with E-state index in [1.54, 1.807) is 36.4 Å². The van der Waals surface area contributed by atoms with Crippen LogP contribution < -0.4 is 14.2 Å². The van der Waals surface area contributed by atoms with Crippen molar-refractivity contribution in [2.75, 3.05) is 20.3 Å². The van der Waals surface area contributed by atoms with Crippen LogP contribution in [0.4, 0.5) is 0 Å². The maximum absolute atomic E-state index is 12.2. The van der Waals surface area contributed by atoms with Gasteiger partial charge in [0.2, 0.25) is 10.0 Å². The molecule has 134 valence electrons. The van der Waals surface area contributed by atoms with Crippen molar-refractivity contribution in [3.8, 4) is 11.5 Å². The van der Waals surface area contributed by atoms with E-state index in [0.29, 0.717) is 17.9 Å². The highest BCUT2D eigenvalue weighted by molar-refractivity contribution is 7.89. The molecule has 0 aliphatic rings. The van der Waals surface area contributed by atoms with Gasteiger partial charge in [0.25, 0.3) is 0 Å². The van der Waals surface area contributed by atoms with Crippen molar-refractivity contribution in [1.29, 1.82) is 0 Å². The number of hydrogen-bond donors (Lipinski definition) is 2. The molecule has 25 heavy (non-hydrogen) atoms. The van der Waals surface area contributed by atoms with Crippen LogP contribution in [0.3, 0.4) is 0 Å². The fraction of sp³-hybridized carbons (Fsp3) is 0.235. The Kier molecular flexibility index (Phi) is 6.37. The van der Waals surface area contributed by atoms with Crippen molar-refractivity contribution in [3.05, 3.63) is 54.1 Å². The number of rotatable bonds is 9. The maximum Gasteiger partial charge on any atom is 0.341 e. The largest absolute Gasteiger partial charge is 0.497 e. The van der Waals surface area contributed by atoms with Gasteiger partial charge in [0.15, 0.2) is 6.61 Å². The molecule has 2 rings (SSSR count). The highest BCUT2D eigenvalue weighted by atomic mass is 32.2. The molecule has 0 aliphatic heterocycles. The molecular formula is C17H19NO6S. The summed E-state index contributed by atoms with van der Waals surface area (Å²) in [5.74, 6) is -0.00821. The molecule has 0 bridgehead atoms. The Balaban J connectivity index is 1.87. The van der Waals surface area contributed by atoms with Crippen molar-refractivity contribution in [3.63, 3.8) is 0 Å². The second kappa shape index (κ2) is 8.50. The third kappa shape index (κ3) is 5.77. The van der Waals surface area contributed by atoms with Crippen molar-refractivity contribution in [2.45, 2.75) is 11.3 Å². The van der Waals surface area contributed by atoms with Crippen molar-refractivity contribution in [2.24, 2.45) is 0 Å². The highest BCUT2D eigenvalue weighted by Crippen LogP contribution is 2.16. The third-order valence-corrected chi connectivity index (χ3v) is 4.84. The zero-order chi connectivity index (χ0) is 18.3. The van der Waals surface area contributed by atoms with Crippen LogP contribution in [0.15, 0.2) is 53.4 Å². The number of hydrogen-bond acceptors (Lipinski definition) is 5. The number of methoxy groups -OCH3 is 1. The number of benzene rings is 2. The first kappa shape index (κ1) is 18.8. The Hall–Kier alpha value is -2.58. The monoisotopic (exact) mass is 365 g/mol. The molecule has 2 aromatic rings. The van der Waals surface area contributed by atoms with Crippen LogP contribution in [0.2, 0.25) is 0 Å². The van der Waals surface area contributed by atoms with Crippen LogP contribution in [-0.4, -0.2) is 39.8 Å². The summed E-state index contributed by atoms with van der Waals surface area (Å²) in [7, 11) is -2.06. The number of sulfonamides is 1. The predicted molar refractivity (Wildman–Crippen MR) is 91.5 cm³/mol. The predicted octanol–water partition coefficient (Wildman–Crippen LogP) is 1.68. The Morgan fingerprint density at radius 2 is 1.64 bits per heavy atom. The van der Waals surface area contributed by atoms with Gasteiger partial charge in [-0.05, 0) is 48.4 Å². The van der Waals surface area contributed by atoms with Crippen LogP contribution in [-0.2, 0) is 21.2 Å². The first-order valence-corrected chi connectivity index (χ1v) is 8.96. The van der Waals surface area contributed by atoms with Crippen molar-refractivity contribution in [1.82, 2.24) is 4.72 Å². The molecule has 0 spiro atoms. The van der Waals surface area contributed by atoms with E-state index in [1.165, 1.54) is 19.2 Å². The quantitative estimate of drug-likeness (QED) is 0.701. The lowest BCUT2D eigenvalue weighted by Crippen LogP contribution is -2.25. The number of carboxylic acid groups (broad SMARTS) is 1. The fourth-order valence-corrected chi connectivity index (χ4v) is 3.10. The number of carbonyl (C=O) groups is 1. The van der Waals surface area contributed by atoms with E-state index in [2.05, 4.69) is 4.72 Å². The summed E-state index contributed by atoms with van der Waals surface area (Å²) in [6.07, 6.45) is 0.495. The second-order valence-corrected chi connectivity index (χ2v) is 6.92. The first-order chi connectivity index (χ1) is 11.9. The van der Waals surface area contributed by atoms with E-state index in [9.17, 15) is 13.2 Å². The van der Waals surface area contributed by atoms with Gasteiger partial charge in [-0.2, -0.15) is 0 Å². The van der Waals surface area contributed by atoms with Crippen LogP contribution in [0, 0.1) is 0 Å². The molecule has 0 atom stereocenters. The lowest BCUT2D eigenvalue weighted by molar-refractivity contribution is -0.139. The molecule has 2 N–H and O–H groups in total. The number of ether oxygens (including phenoxy) is 2. The van der Waals surface area contributed by atoms with Crippen LogP contribution >= 0.6 is 0 Å². The number of carboxylic acids is 1. The normalized spacial score (nSPS) is 11.1. The van der Waals surface area contributed by atoms with Gasteiger partial charge < -0.3 is 14.6 Å². The smallest absolute Gasteiger partial charge is 0.341 e. The van der Waals surface area contributed by atoms with Gasteiger partial charge in [-0.1, -0.05) is 12.1 Å². The van der Waals surface area contributed by atoms with E-state index >= 15 is 0 Å². The molecule has 0 fully saturated rings. The minimum absolute atomic E-state index is 0.172. The summed E-state index contributed by atoms with van der Waals surface area (Å²) >= 11 is 0. The van der Waals surface area contributed by atoms with E-state index < -0.39 is 22.6 Å². The average Bonchev–Trinajstić information content (AvgIpc) is 2.61. The zero-order valence-electron chi connectivity index (χ0n) is 13.6. The zero-order valence-corrected chi connectivity index (χ0v) is 14.5. The first-order valence-electron chi connectivity index (χ1n) is 7.48. The highest BCUT2D eigenvalue weighted by Gasteiger charge is 2.13. The molecule has 0 saturated heterocycles. The van der Waals surface area contributed by atoms with E-state index in [0.717, 1.165) is 5.56 Å². The molecule has 0 amide bonds. The minimum atomic E-state index is -3.58. The average molecular weight is 365 g/mol. The van der Waals surface area contributed by atoms with Gasteiger partial charge in [-0.15, -0.1) is 0 Å². The van der Waals surface area contributed by atoms with E-state index in [-0.39, 0.29) is 11.4 Å². The topological polar surface area (TPSA) is 102 Å².